The van der Waals surface area contributed by atoms with Gasteiger partial charge in [-0.2, -0.15) is 10.1 Å². The second-order valence-electron chi connectivity index (χ2n) is 5.48. The molecule has 1 aromatic carbocycles. The highest BCUT2D eigenvalue weighted by atomic mass is 32.1. The molecule has 1 aromatic heterocycles. The van der Waals surface area contributed by atoms with E-state index < -0.39 is 5.92 Å². The van der Waals surface area contributed by atoms with Crippen molar-refractivity contribution in [1.29, 1.82) is 0 Å². The smallest absolute Gasteiger partial charge is 0.263 e. The van der Waals surface area contributed by atoms with Gasteiger partial charge in [0.1, 0.15) is 5.92 Å². The van der Waals surface area contributed by atoms with Crippen molar-refractivity contribution in [2.75, 3.05) is 25.3 Å². The molecule has 7 heteroatoms. The summed E-state index contributed by atoms with van der Waals surface area (Å²) >= 11 is 1.47. The Hall–Kier alpha value is -2.12. The molecular weight excluding hydrogens is 324 g/mol. The zero-order valence-electron chi connectivity index (χ0n) is 13.8. The maximum absolute atomic E-state index is 12.8. The molecule has 0 spiro atoms. The minimum absolute atomic E-state index is 0.0846. The summed E-state index contributed by atoms with van der Waals surface area (Å²) in [4.78, 5) is 21.6. The summed E-state index contributed by atoms with van der Waals surface area (Å²) in [6, 6.07) is 7.84. The summed E-state index contributed by atoms with van der Waals surface area (Å²) < 4.78 is 6.03. The normalized spacial score (nSPS) is 18.1. The first kappa shape index (κ1) is 16.7. The topological polar surface area (TPSA) is 67.2 Å². The van der Waals surface area contributed by atoms with Crippen molar-refractivity contribution in [3.05, 3.63) is 24.3 Å². The van der Waals surface area contributed by atoms with E-state index in [0.29, 0.717) is 18.3 Å². The van der Waals surface area contributed by atoms with Gasteiger partial charge >= 0.3 is 0 Å². The molecule has 0 saturated carbocycles. The number of rotatable bonds is 7. The van der Waals surface area contributed by atoms with E-state index in [1.54, 1.807) is 13.3 Å². The number of carbonyl (C=O) groups excluding carboxylic acids is 1. The number of thiazole rings is 1. The lowest BCUT2D eigenvalue weighted by molar-refractivity contribution is -0.118. The number of hydrogen-bond donors (Lipinski definition) is 0. The molecule has 0 bridgehead atoms. The molecule has 6 nitrogen and oxygen atoms in total. The zero-order chi connectivity index (χ0) is 16.9. The number of anilines is 1. The number of carbonyl (C=O) groups is 1. The van der Waals surface area contributed by atoms with E-state index in [1.165, 1.54) is 16.3 Å². The highest BCUT2D eigenvalue weighted by molar-refractivity contribution is 7.22. The van der Waals surface area contributed by atoms with Crippen molar-refractivity contribution in [2.45, 2.75) is 19.8 Å². The Kier molecular flexibility index (Phi) is 5.32. The Morgan fingerprint density at radius 2 is 2.25 bits per heavy atom. The van der Waals surface area contributed by atoms with Crippen LogP contribution in [0.5, 0.6) is 0 Å². The molecule has 0 saturated heterocycles. The summed E-state index contributed by atoms with van der Waals surface area (Å²) in [5, 5.41) is 6.58. The van der Waals surface area contributed by atoms with Gasteiger partial charge in [-0.05, 0) is 18.6 Å². The summed E-state index contributed by atoms with van der Waals surface area (Å²) in [5.41, 5.74) is 1.73. The number of fused-ring (bicyclic) bond motifs is 1. The van der Waals surface area contributed by atoms with E-state index in [0.717, 1.165) is 28.8 Å². The van der Waals surface area contributed by atoms with Crippen LogP contribution in [0.2, 0.25) is 0 Å². The first-order valence-electron chi connectivity index (χ1n) is 8.00. The number of methoxy groups -OCH3 is 1. The van der Waals surface area contributed by atoms with Gasteiger partial charge in [-0.15, -0.1) is 0 Å². The number of aliphatic imine (C=N–C) groups is 1. The van der Waals surface area contributed by atoms with Crippen molar-refractivity contribution >= 4 is 44.5 Å². The standard InChI is InChI=1S/C17H20N4O2S/c1-3-6-13-12(11-18-9-10-23-2)16(22)21(20-13)17-19-14-7-4-5-8-15(14)24-17/h4-5,7-8,11-12H,3,6,9-10H2,1-2H3/t12-/m0/s1. The first-order valence-corrected chi connectivity index (χ1v) is 8.82. The van der Waals surface area contributed by atoms with Crippen molar-refractivity contribution in [3.8, 4) is 0 Å². The van der Waals surface area contributed by atoms with Crippen molar-refractivity contribution in [3.63, 3.8) is 0 Å². The van der Waals surface area contributed by atoms with E-state index in [-0.39, 0.29) is 5.91 Å². The Morgan fingerprint density at radius 3 is 3.00 bits per heavy atom. The van der Waals surface area contributed by atoms with Crippen LogP contribution in [0, 0.1) is 5.92 Å². The van der Waals surface area contributed by atoms with Gasteiger partial charge in [0.2, 0.25) is 5.13 Å². The fourth-order valence-corrected chi connectivity index (χ4v) is 3.46. The summed E-state index contributed by atoms with van der Waals surface area (Å²) in [7, 11) is 1.63. The lowest BCUT2D eigenvalue weighted by Gasteiger charge is -2.08. The second kappa shape index (κ2) is 7.63. The SMILES string of the molecule is CCCC1=NN(c2nc3ccccc3s2)C(=O)[C@H]1C=NCCOC. The fraction of sp³-hybridized carbons (Fsp3) is 0.412. The van der Waals surface area contributed by atoms with Gasteiger partial charge in [0.25, 0.3) is 5.91 Å². The number of hydrazone groups is 1. The van der Waals surface area contributed by atoms with Crippen LogP contribution in [-0.2, 0) is 9.53 Å². The highest BCUT2D eigenvalue weighted by Crippen LogP contribution is 2.32. The number of benzene rings is 1. The quantitative estimate of drug-likeness (QED) is 0.572. The average molecular weight is 344 g/mol. The van der Waals surface area contributed by atoms with E-state index in [9.17, 15) is 4.79 Å². The minimum atomic E-state index is -0.395. The lowest BCUT2D eigenvalue weighted by Crippen LogP contribution is -2.28. The van der Waals surface area contributed by atoms with Crippen LogP contribution in [0.25, 0.3) is 10.2 Å². The molecule has 2 aromatic rings. The molecule has 0 fully saturated rings. The third kappa shape index (κ3) is 3.37. The van der Waals surface area contributed by atoms with Crippen LogP contribution in [0.15, 0.2) is 34.4 Å². The van der Waals surface area contributed by atoms with Gasteiger partial charge in [-0.1, -0.05) is 36.8 Å². The second-order valence-corrected chi connectivity index (χ2v) is 6.49. The van der Waals surface area contributed by atoms with Crippen LogP contribution in [-0.4, -0.2) is 43.1 Å². The monoisotopic (exact) mass is 344 g/mol. The van der Waals surface area contributed by atoms with Gasteiger partial charge < -0.3 is 4.74 Å². The first-order chi connectivity index (χ1) is 11.7. The largest absolute Gasteiger partial charge is 0.383 e. The summed E-state index contributed by atoms with van der Waals surface area (Å²) in [6.07, 6.45) is 3.40. The molecular formula is C17H20N4O2S. The molecule has 1 aliphatic heterocycles. The predicted octanol–water partition coefficient (Wildman–Crippen LogP) is 3.13. The van der Waals surface area contributed by atoms with Crippen LogP contribution >= 0.6 is 11.3 Å². The van der Waals surface area contributed by atoms with Gasteiger partial charge in [0.05, 0.1) is 29.1 Å². The molecule has 1 atom stereocenters. The van der Waals surface area contributed by atoms with Crippen LogP contribution in [0.3, 0.4) is 0 Å². The third-order valence-corrected chi connectivity index (χ3v) is 4.72. The Bertz CT molecular complexity index is 751. The molecule has 0 unspecified atom stereocenters. The highest BCUT2D eigenvalue weighted by Gasteiger charge is 2.36. The molecule has 0 radical (unpaired) electrons. The molecule has 0 N–H and O–H groups in total. The number of hydrogen-bond acceptors (Lipinski definition) is 6. The minimum Gasteiger partial charge on any atom is -0.383 e. The predicted molar refractivity (Wildman–Crippen MR) is 98.2 cm³/mol. The van der Waals surface area contributed by atoms with Gasteiger partial charge in [-0.3, -0.25) is 9.79 Å². The number of amides is 1. The van der Waals surface area contributed by atoms with E-state index in [1.807, 2.05) is 24.3 Å². The fourth-order valence-electron chi connectivity index (χ4n) is 2.54. The van der Waals surface area contributed by atoms with Crippen molar-refractivity contribution in [1.82, 2.24) is 4.98 Å². The van der Waals surface area contributed by atoms with E-state index >= 15 is 0 Å². The van der Waals surface area contributed by atoms with Crippen molar-refractivity contribution in [2.24, 2.45) is 16.0 Å². The van der Waals surface area contributed by atoms with Gasteiger partial charge in [0, 0.05) is 13.3 Å². The Morgan fingerprint density at radius 1 is 1.42 bits per heavy atom. The Labute approximate surface area is 144 Å². The molecule has 1 aliphatic rings. The molecule has 0 aliphatic carbocycles. The van der Waals surface area contributed by atoms with E-state index in [2.05, 4.69) is 22.0 Å². The maximum atomic E-state index is 12.8. The molecule has 3 rings (SSSR count). The Balaban J connectivity index is 1.85. The zero-order valence-corrected chi connectivity index (χ0v) is 14.6. The van der Waals surface area contributed by atoms with Gasteiger partial charge in [-0.25, -0.2) is 4.98 Å². The number of ether oxygens (including phenoxy) is 1. The number of nitrogens with zero attached hydrogens (tertiary/aromatic N) is 4. The van der Waals surface area contributed by atoms with Gasteiger partial charge in [0.15, 0.2) is 0 Å². The molecule has 2 heterocycles. The average Bonchev–Trinajstić information content (AvgIpc) is 3.14. The molecule has 1 amide bonds. The van der Waals surface area contributed by atoms with Crippen LogP contribution in [0.4, 0.5) is 5.13 Å². The van der Waals surface area contributed by atoms with Crippen molar-refractivity contribution < 1.29 is 9.53 Å². The third-order valence-electron chi connectivity index (χ3n) is 3.71. The van der Waals surface area contributed by atoms with Crippen LogP contribution in [0.1, 0.15) is 19.8 Å². The summed E-state index contributed by atoms with van der Waals surface area (Å²) in [6.45, 7) is 3.16. The number of para-hydroxylation sites is 1. The lowest BCUT2D eigenvalue weighted by atomic mass is 10.0. The van der Waals surface area contributed by atoms with E-state index in [4.69, 9.17) is 4.74 Å². The number of aromatic nitrogens is 1. The maximum Gasteiger partial charge on any atom is 0.263 e. The summed E-state index contributed by atoms with van der Waals surface area (Å²) in [5.74, 6) is -0.479. The molecule has 24 heavy (non-hydrogen) atoms. The molecule has 126 valence electrons. The van der Waals surface area contributed by atoms with Crippen LogP contribution < -0.4 is 5.01 Å².